The molecule has 102 valence electrons. The number of anilines is 1. The molecule has 0 radical (unpaired) electrons. The first-order chi connectivity index (χ1) is 9.54. The molecule has 2 N–H and O–H groups in total. The Morgan fingerprint density at radius 2 is 2.05 bits per heavy atom. The Balaban J connectivity index is 2.13. The first-order valence-electron chi connectivity index (χ1n) is 5.78. The van der Waals surface area contributed by atoms with Crippen molar-refractivity contribution in [2.24, 2.45) is 0 Å². The van der Waals surface area contributed by atoms with Crippen molar-refractivity contribution in [3.63, 3.8) is 0 Å². The topological polar surface area (TPSA) is 79.3 Å². The fourth-order valence-electron chi connectivity index (χ4n) is 1.68. The third-order valence-corrected chi connectivity index (χ3v) is 2.53. The van der Waals surface area contributed by atoms with E-state index in [1.165, 1.54) is 12.3 Å². The number of carbonyl (C=O) groups is 2. The second-order valence-electron chi connectivity index (χ2n) is 4.09. The minimum Gasteiger partial charge on any atom is -0.481 e. The van der Waals surface area contributed by atoms with Crippen molar-refractivity contribution < 1.29 is 19.1 Å². The molecule has 0 aliphatic carbocycles. The highest BCUT2D eigenvalue weighted by Gasteiger charge is 2.08. The summed E-state index contributed by atoms with van der Waals surface area (Å²) < 4.78 is 12.9. The average Bonchev–Trinajstić information content (AvgIpc) is 2.38. The number of amides is 1. The number of nitrogens with zero attached hydrogens (tertiary/aromatic N) is 1. The molecule has 0 fully saturated rings. The van der Waals surface area contributed by atoms with Crippen LogP contribution in [-0.2, 0) is 11.2 Å². The second-order valence-corrected chi connectivity index (χ2v) is 4.09. The summed E-state index contributed by atoms with van der Waals surface area (Å²) in [5, 5.41) is 11.3. The van der Waals surface area contributed by atoms with Crippen molar-refractivity contribution in [3.05, 3.63) is 59.7 Å². The van der Waals surface area contributed by atoms with Crippen molar-refractivity contribution in [3.8, 4) is 0 Å². The zero-order valence-electron chi connectivity index (χ0n) is 10.3. The molecule has 5 nitrogen and oxygen atoms in total. The number of aliphatic carboxylic acids is 1. The molecule has 1 heterocycles. The van der Waals surface area contributed by atoms with Gasteiger partial charge in [0.2, 0.25) is 5.95 Å². The number of carboxylic acid groups (broad SMARTS) is 1. The molecule has 6 heteroatoms. The van der Waals surface area contributed by atoms with E-state index in [9.17, 15) is 14.0 Å². The number of hydrogen-bond acceptors (Lipinski definition) is 3. The third-order valence-electron chi connectivity index (χ3n) is 2.53. The maximum atomic E-state index is 12.9. The van der Waals surface area contributed by atoms with Gasteiger partial charge >= 0.3 is 5.97 Å². The van der Waals surface area contributed by atoms with Crippen molar-refractivity contribution in [1.29, 1.82) is 0 Å². The SMILES string of the molecule is O=C(O)Cc1cccc(NC(=O)c2ccnc(F)c2)c1. The van der Waals surface area contributed by atoms with Crippen LogP contribution in [0.1, 0.15) is 15.9 Å². The molecular formula is C14H11FN2O3. The lowest BCUT2D eigenvalue weighted by molar-refractivity contribution is -0.136. The average molecular weight is 274 g/mol. The molecule has 0 atom stereocenters. The zero-order chi connectivity index (χ0) is 14.5. The summed E-state index contributed by atoms with van der Waals surface area (Å²) in [6.07, 6.45) is 1.07. The van der Waals surface area contributed by atoms with Gasteiger partial charge in [0.15, 0.2) is 0 Å². The molecule has 2 aromatic rings. The van der Waals surface area contributed by atoms with E-state index in [1.807, 2.05) is 0 Å². The van der Waals surface area contributed by atoms with Gasteiger partial charge in [-0.2, -0.15) is 4.39 Å². The third kappa shape index (κ3) is 3.61. The van der Waals surface area contributed by atoms with Gasteiger partial charge < -0.3 is 10.4 Å². The monoisotopic (exact) mass is 274 g/mol. The molecule has 1 aromatic carbocycles. The van der Waals surface area contributed by atoms with Crippen LogP contribution in [0.15, 0.2) is 42.6 Å². The van der Waals surface area contributed by atoms with Crippen molar-refractivity contribution >= 4 is 17.6 Å². The first-order valence-corrected chi connectivity index (χ1v) is 5.78. The van der Waals surface area contributed by atoms with Crippen molar-refractivity contribution in [2.75, 3.05) is 5.32 Å². The summed E-state index contributed by atoms with van der Waals surface area (Å²) >= 11 is 0. The summed E-state index contributed by atoms with van der Waals surface area (Å²) in [6, 6.07) is 8.89. The van der Waals surface area contributed by atoms with E-state index in [-0.39, 0.29) is 12.0 Å². The Kier molecular flexibility index (Phi) is 4.05. The van der Waals surface area contributed by atoms with Crippen LogP contribution in [0.2, 0.25) is 0 Å². The number of carboxylic acids is 1. The Morgan fingerprint density at radius 1 is 1.25 bits per heavy atom. The van der Waals surface area contributed by atoms with Gasteiger partial charge in [0, 0.05) is 23.5 Å². The fourth-order valence-corrected chi connectivity index (χ4v) is 1.68. The summed E-state index contributed by atoms with van der Waals surface area (Å²) in [7, 11) is 0. The highest BCUT2D eigenvalue weighted by molar-refractivity contribution is 6.04. The van der Waals surface area contributed by atoms with Crippen LogP contribution < -0.4 is 5.32 Å². The molecule has 0 spiro atoms. The number of pyridine rings is 1. The highest BCUT2D eigenvalue weighted by atomic mass is 19.1. The van der Waals surface area contributed by atoms with Crippen LogP contribution in [0.5, 0.6) is 0 Å². The van der Waals surface area contributed by atoms with Crippen LogP contribution in [0.25, 0.3) is 0 Å². The standard InChI is InChI=1S/C14H11FN2O3/c15-12-8-10(4-5-16-12)14(20)17-11-3-1-2-9(6-11)7-13(18)19/h1-6,8H,7H2,(H,17,20)(H,18,19). The van der Waals surface area contributed by atoms with E-state index >= 15 is 0 Å². The van der Waals surface area contributed by atoms with Crippen LogP contribution >= 0.6 is 0 Å². The lowest BCUT2D eigenvalue weighted by Crippen LogP contribution is -2.12. The van der Waals surface area contributed by atoms with E-state index in [0.717, 1.165) is 6.07 Å². The molecule has 0 saturated heterocycles. The number of aromatic nitrogens is 1. The quantitative estimate of drug-likeness (QED) is 0.837. The van der Waals surface area contributed by atoms with Crippen LogP contribution in [0.3, 0.4) is 0 Å². The van der Waals surface area contributed by atoms with E-state index < -0.39 is 17.8 Å². The molecule has 0 unspecified atom stereocenters. The summed E-state index contributed by atoms with van der Waals surface area (Å²) in [5.74, 6) is -2.18. The number of carbonyl (C=O) groups excluding carboxylic acids is 1. The normalized spacial score (nSPS) is 10.1. The number of rotatable bonds is 4. The molecule has 0 aliphatic heterocycles. The van der Waals surface area contributed by atoms with Gasteiger partial charge in [0.05, 0.1) is 6.42 Å². The largest absolute Gasteiger partial charge is 0.481 e. The van der Waals surface area contributed by atoms with E-state index in [1.54, 1.807) is 24.3 Å². The van der Waals surface area contributed by atoms with Crippen molar-refractivity contribution in [2.45, 2.75) is 6.42 Å². The Morgan fingerprint density at radius 3 is 2.75 bits per heavy atom. The number of nitrogens with one attached hydrogen (secondary N) is 1. The van der Waals surface area contributed by atoms with Gasteiger partial charge in [0.1, 0.15) is 0 Å². The molecule has 0 saturated carbocycles. The first kappa shape index (κ1) is 13.7. The molecule has 2 rings (SSSR count). The van der Waals surface area contributed by atoms with E-state index in [2.05, 4.69) is 10.3 Å². The van der Waals surface area contributed by atoms with Gasteiger partial charge in [-0.1, -0.05) is 12.1 Å². The summed E-state index contributed by atoms with van der Waals surface area (Å²) in [6.45, 7) is 0. The smallest absolute Gasteiger partial charge is 0.307 e. The summed E-state index contributed by atoms with van der Waals surface area (Å²) in [5.41, 5.74) is 1.16. The number of benzene rings is 1. The molecule has 1 aromatic heterocycles. The van der Waals surface area contributed by atoms with E-state index in [0.29, 0.717) is 11.3 Å². The zero-order valence-corrected chi connectivity index (χ0v) is 10.3. The van der Waals surface area contributed by atoms with Crippen LogP contribution in [0, 0.1) is 5.95 Å². The van der Waals surface area contributed by atoms with E-state index in [4.69, 9.17) is 5.11 Å². The molecule has 0 aliphatic rings. The maximum absolute atomic E-state index is 12.9. The number of hydrogen-bond donors (Lipinski definition) is 2. The van der Waals surface area contributed by atoms with Gasteiger partial charge in [-0.25, -0.2) is 4.98 Å². The van der Waals surface area contributed by atoms with Gasteiger partial charge in [0.25, 0.3) is 5.91 Å². The second kappa shape index (κ2) is 5.92. The molecule has 0 bridgehead atoms. The lowest BCUT2D eigenvalue weighted by atomic mass is 10.1. The van der Waals surface area contributed by atoms with Crippen LogP contribution in [0.4, 0.5) is 10.1 Å². The number of halogens is 1. The van der Waals surface area contributed by atoms with Crippen molar-refractivity contribution in [1.82, 2.24) is 4.98 Å². The Hall–Kier alpha value is -2.76. The predicted molar refractivity (Wildman–Crippen MR) is 69.9 cm³/mol. The summed E-state index contributed by atoms with van der Waals surface area (Å²) in [4.78, 5) is 25.9. The highest BCUT2D eigenvalue weighted by Crippen LogP contribution is 2.13. The fraction of sp³-hybridized carbons (Fsp3) is 0.0714. The minimum absolute atomic E-state index is 0.131. The Bertz CT molecular complexity index is 658. The predicted octanol–water partition coefficient (Wildman–Crippen LogP) is 2.10. The molecular weight excluding hydrogens is 263 g/mol. The molecule has 1 amide bonds. The maximum Gasteiger partial charge on any atom is 0.307 e. The minimum atomic E-state index is -0.954. The Labute approximate surface area is 114 Å². The van der Waals surface area contributed by atoms with Gasteiger partial charge in [-0.3, -0.25) is 9.59 Å². The van der Waals surface area contributed by atoms with Crippen LogP contribution in [-0.4, -0.2) is 22.0 Å². The van der Waals surface area contributed by atoms with Gasteiger partial charge in [-0.15, -0.1) is 0 Å². The van der Waals surface area contributed by atoms with Gasteiger partial charge in [-0.05, 0) is 23.8 Å². The molecule has 20 heavy (non-hydrogen) atoms. The lowest BCUT2D eigenvalue weighted by Gasteiger charge is -2.06.